The van der Waals surface area contributed by atoms with Crippen molar-refractivity contribution in [1.29, 1.82) is 0 Å². The van der Waals surface area contributed by atoms with Crippen LogP contribution in [0.4, 0.5) is 0 Å². The van der Waals surface area contributed by atoms with Gasteiger partial charge in [0.25, 0.3) is 5.91 Å². The van der Waals surface area contributed by atoms with Crippen molar-refractivity contribution in [2.45, 2.75) is 12.8 Å². The lowest BCUT2D eigenvalue weighted by Crippen LogP contribution is -2.26. The first-order valence-corrected chi connectivity index (χ1v) is 6.70. The number of nitrogens with one attached hydrogen (secondary N) is 1. The molecule has 1 aromatic heterocycles. The van der Waals surface area contributed by atoms with E-state index in [2.05, 4.69) is 10.3 Å². The molecule has 0 spiro atoms. The van der Waals surface area contributed by atoms with Gasteiger partial charge in [0.1, 0.15) is 11.4 Å². The highest BCUT2D eigenvalue weighted by Crippen LogP contribution is 2.00. The molecule has 0 saturated heterocycles. The molecule has 116 valence electrons. The molecule has 0 aliphatic carbocycles. The summed E-state index contributed by atoms with van der Waals surface area (Å²) in [7, 11) is 1.62. The summed E-state index contributed by atoms with van der Waals surface area (Å²) in [6.07, 6.45) is 1.60. The lowest BCUT2D eigenvalue weighted by atomic mass is 10.2. The topological polar surface area (TPSA) is 97.8 Å². The van der Waals surface area contributed by atoms with E-state index in [4.69, 9.17) is 14.6 Å². The molecule has 7 nitrogen and oxygen atoms in total. The number of pyridine rings is 1. The van der Waals surface area contributed by atoms with E-state index in [9.17, 15) is 9.59 Å². The smallest absolute Gasteiger partial charge is 0.354 e. The first-order chi connectivity index (χ1) is 10.1. The van der Waals surface area contributed by atoms with E-state index in [0.29, 0.717) is 26.4 Å². The van der Waals surface area contributed by atoms with E-state index in [1.165, 1.54) is 18.2 Å². The number of unbranched alkanes of at least 4 members (excludes halogenated alkanes) is 1. The van der Waals surface area contributed by atoms with Gasteiger partial charge in [-0.3, -0.25) is 4.79 Å². The molecule has 0 saturated carbocycles. The summed E-state index contributed by atoms with van der Waals surface area (Å²) >= 11 is 0. The molecule has 1 rings (SSSR count). The van der Waals surface area contributed by atoms with Crippen LogP contribution >= 0.6 is 0 Å². The predicted molar refractivity (Wildman–Crippen MR) is 75.5 cm³/mol. The maximum atomic E-state index is 11.8. The number of aromatic nitrogens is 1. The number of carbonyl (C=O) groups is 2. The maximum Gasteiger partial charge on any atom is 0.354 e. The van der Waals surface area contributed by atoms with Crippen molar-refractivity contribution in [2.24, 2.45) is 0 Å². The predicted octanol–water partition coefficient (Wildman–Crippen LogP) is 0.953. The Bertz CT molecular complexity index is 464. The Hall–Kier alpha value is -1.99. The van der Waals surface area contributed by atoms with Crippen LogP contribution in [-0.4, -0.2) is 55.4 Å². The first-order valence-electron chi connectivity index (χ1n) is 6.70. The van der Waals surface area contributed by atoms with Crippen molar-refractivity contribution in [3.63, 3.8) is 0 Å². The molecular formula is C14H20N2O5. The fraction of sp³-hybridized carbons (Fsp3) is 0.500. The number of rotatable bonds is 10. The number of nitrogens with zero attached hydrogens (tertiary/aromatic N) is 1. The number of hydrogen-bond donors (Lipinski definition) is 2. The van der Waals surface area contributed by atoms with Gasteiger partial charge < -0.3 is 19.9 Å². The van der Waals surface area contributed by atoms with Crippen LogP contribution in [0.15, 0.2) is 18.2 Å². The number of aromatic carboxylic acids is 1. The molecule has 0 unspecified atom stereocenters. The Kier molecular flexibility index (Phi) is 8.00. The Morgan fingerprint density at radius 3 is 2.67 bits per heavy atom. The number of hydrogen-bond acceptors (Lipinski definition) is 5. The minimum atomic E-state index is -1.15. The summed E-state index contributed by atoms with van der Waals surface area (Å²) < 4.78 is 10.1. The van der Waals surface area contributed by atoms with E-state index >= 15 is 0 Å². The van der Waals surface area contributed by atoms with E-state index in [0.717, 1.165) is 12.8 Å². The number of carbonyl (C=O) groups excluding carboxylic acids is 1. The third-order valence-corrected chi connectivity index (χ3v) is 2.63. The molecule has 2 N–H and O–H groups in total. The maximum absolute atomic E-state index is 11.8. The third-order valence-electron chi connectivity index (χ3n) is 2.63. The van der Waals surface area contributed by atoms with E-state index in [-0.39, 0.29) is 17.3 Å². The van der Waals surface area contributed by atoms with Crippen molar-refractivity contribution in [1.82, 2.24) is 10.3 Å². The Balaban J connectivity index is 2.22. The lowest BCUT2D eigenvalue weighted by Gasteiger charge is -2.06. The number of amides is 1. The van der Waals surface area contributed by atoms with Gasteiger partial charge in [-0.2, -0.15) is 0 Å². The van der Waals surface area contributed by atoms with Gasteiger partial charge in [0, 0.05) is 20.3 Å². The van der Waals surface area contributed by atoms with Gasteiger partial charge in [-0.1, -0.05) is 6.07 Å². The van der Waals surface area contributed by atoms with Gasteiger partial charge >= 0.3 is 5.97 Å². The molecule has 1 heterocycles. The Morgan fingerprint density at radius 1 is 1.19 bits per heavy atom. The molecule has 1 amide bonds. The van der Waals surface area contributed by atoms with Crippen LogP contribution in [-0.2, 0) is 9.47 Å². The normalized spacial score (nSPS) is 10.3. The Labute approximate surface area is 123 Å². The van der Waals surface area contributed by atoms with Gasteiger partial charge in [0.05, 0.1) is 13.2 Å². The second-order valence-corrected chi connectivity index (χ2v) is 4.28. The summed E-state index contributed by atoms with van der Waals surface area (Å²) in [6, 6.07) is 4.32. The summed E-state index contributed by atoms with van der Waals surface area (Å²) in [5.74, 6) is -1.53. The van der Waals surface area contributed by atoms with Crippen LogP contribution in [0.1, 0.15) is 33.8 Å². The van der Waals surface area contributed by atoms with Crippen LogP contribution in [0.2, 0.25) is 0 Å². The monoisotopic (exact) mass is 296 g/mol. The molecule has 0 radical (unpaired) electrons. The molecule has 0 aromatic carbocycles. The SMILES string of the molecule is COCCOCCCCNC(=O)c1cccc(C(=O)O)n1. The molecule has 0 fully saturated rings. The molecule has 0 aliphatic rings. The highest BCUT2D eigenvalue weighted by atomic mass is 16.5. The van der Waals surface area contributed by atoms with Gasteiger partial charge in [0.15, 0.2) is 0 Å². The van der Waals surface area contributed by atoms with Gasteiger partial charge in [-0.15, -0.1) is 0 Å². The molecular weight excluding hydrogens is 276 g/mol. The molecule has 0 atom stereocenters. The van der Waals surface area contributed by atoms with Crippen molar-refractivity contribution in [3.8, 4) is 0 Å². The fourth-order valence-electron chi connectivity index (χ4n) is 1.55. The van der Waals surface area contributed by atoms with E-state index < -0.39 is 5.97 Å². The van der Waals surface area contributed by atoms with Crippen LogP contribution in [0.5, 0.6) is 0 Å². The number of methoxy groups -OCH3 is 1. The summed E-state index contributed by atoms with van der Waals surface area (Å²) in [4.78, 5) is 26.3. The number of ether oxygens (including phenoxy) is 2. The van der Waals surface area contributed by atoms with Crippen LogP contribution in [0.3, 0.4) is 0 Å². The van der Waals surface area contributed by atoms with Crippen LogP contribution < -0.4 is 5.32 Å². The summed E-state index contributed by atoms with van der Waals surface area (Å²) in [5.41, 5.74) is -0.0413. The summed E-state index contributed by atoms with van der Waals surface area (Å²) in [6.45, 7) is 2.24. The largest absolute Gasteiger partial charge is 0.477 e. The highest BCUT2D eigenvalue weighted by Gasteiger charge is 2.10. The highest BCUT2D eigenvalue weighted by molar-refractivity contribution is 5.94. The standard InChI is InChI=1S/C14H20N2O5/c1-20-9-10-21-8-3-2-7-15-13(17)11-5-4-6-12(16-11)14(18)19/h4-6H,2-3,7-10H2,1H3,(H,15,17)(H,18,19). The van der Waals surface area contributed by atoms with Crippen molar-refractivity contribution >= 4 is 11.9 Å². The second kappa shape index (κ2) is 9.84. The van der Waals surface area contributed by atoms with Gasteiger partial charge in [-0.05, 0) is 25.0 Å². The zero-order valence-corrected chi connectivity index (χ0v) is 12.0. The minimum absolute atomic E-state index is 0.103. The van der Waals surface area contributed by atoms with Gasteiger partial charge in [-0.25, -0.2) is 9.78 Å². The minimum Gasteiger partial charge on any atom is -0.477 e. The average molecular weight is 296 g/mol. The number of carboxylic acid groups (broad SMARTS) is 1. The Morgan fingerprint density at radius 2 is 1.95 bits per heavy atom. The molecule has 1 aromatic rings. The van der Waals surface area contributed by atoms with Crippen molar-refractivity contribution in [2.75, 3.05) is 33.5 Å². The third kappa shape index (κ3) is 6.82. The second-order valence-electron chi connectivity index (χ2n) is 4.28. The quantitative estimate of drug-likeness (QED) is 0.624. The van der Waals surface area contributed by atoms with Crippen LogP contribution in [0.25, 0.3) is 0 Å². The fourth-order valence-corrected chi connectivity index (χ4v) is 1.55. The van der Waals surface area contributed by atoms with Gasteiger partial charge in [0.2, 0.25) is 0 Å². The van der Waals surface area contributed by atoms with E-state index in [1.807, 2.05) is 0 Å². The lowest BCUT2D eigenvalue weighted by molar-refractivity contribution is 0.0685. The number of carboxylic acids is 1. The van der Waals surface area contributed by atoms with Crippen LogP contribution in [0, 0.1) is 0 Å². The average Bonchev–Trinajstić information content (AvgIpc) is 2.49. The molecule has 21 heavy (non-hydrogen) atoms. The molecule has 0 aliphatic heterocycles. The molecule has 7 heteroatoms. The summed E-state index contributed by atoms with van der Waals surface area (Å²) in [5, 5.41) is 11.5. The van der Waals surface area contributed by atoms with Crippen molar-refractivity contribution in [3.05, 3.63) is 29.6 Å². The van der Waals surface area contributed by atoms with E-state index in [1.54, 1.807) is 7.11 Å². The molecule has 0 bridgehead atoms. The van der Waals surface area contributed by atoms with Crippen molar-refractivity contribution < 1.29 is 24.2 Å². The first kappa shape index (κ1) is 17.1. The zero-order valence-electron chi connectivity index (χ0n) is 12.0. The zero-order chi connectivity index (χ0) is 15.5.